The highest BCUT2D eigenvalue weighted by molar-refractivity contribution is 7.99. The van der Waals surface area contributed by atoms with Crippen molar-refractivity contribution < 1.29 is 9.21 Å². The Morgan fingerprint density at radius 3 is 2.60 bits per heavy atom. The molecule has 1 aliphatic rings. The summed E-state index contributed by atoms with van der Waals surface area (Å²) in [6.07, 6.45) is 4.67. The number of nitrogens with zero attached hydrogens (tertiary/aromatic N) is 1. The molecule has 0 spiro atoms. The minimum Gasteiger partial charge on any atom is -0.422 e. The van der Waals surface area contributed by atoms with E-state index in [-0.39, 0.29) is 11.5 Å². The van der Waals surface area contributed by atoms with Crippen LogP contribution in [-0.2, 0) is 10.5 Å². The van der Waals surface area contributed by atoms with Gasteiger partial charge in [-0.2, -0.15) is 0 Å². The molecule has 1 saturated heterocycles. The zero-order chi connectivity index (χ0) is 17.8. The smallest absolute Gasteiger partial charge is 0.336 e. The van der Waals surface area contributed by atoms with E-state index in [1.54, 1.807) is 17.8 Å². The number of carbonyl (C=O) groups is 1. The Hall–Kier alpha value is -1.75. The van der Waals surface area contributed by atoms with Crippen LogP contribution in [0, 0.1) is 13.8 Å². The number of hydrogen-bond acceptors (Lipinski definition) is 4. The predicted octanol–water partition coefficient (Wildman–Crippen LogP) is 4.05. The Morgan fingerprint density at radius 1 is 1.16 bits per heavy atom. The van der Waals surface area contributed by atoms with Crippen molar-refractivity contribution in [2.45, 2.75) is 45.3 Å². The lowest BCUT2D eigenvalue weighted by Crippen LogP contribution is -2.33. The van der Waals surface area contributed by atoms with Crippen molar-refractivity contribution in [3.8, 4) is 0 Å². The molecule has 0 N–H and O–H groups in total. The molecule has 2 aromatic rings. The van der Waals surface area contributed by atoms with Gasteiger partial charge in [0.05, 0.1) is 5.75 Å². The summed E-state index contributed by atoms with van der Waals surface area (Å²) >= 11 is 1.58. The molecule has 0 bridgehead atoms. The SMILES string of the molecule is Cc1ccc2c(CSCC(=O)N3CCCCCC3)cc(=O)oc2c1C. The van der Waals surface area contributed by atoms with Gasteiger partial charge in [-0.1, -0.05) is 25.0 Å². The van der Waals surface area contributed by atoms with Gasteiger partial charge in [-0.3, -0.25) is 4.79 Å². The average molecular weight is 359 g/mol. The number of benzene rings is 1. The van der Waals surface area contributed by atoms with Crippen LogP contribution in [0.4, 0.5) is 0 Å². The van der Waals surface area contributed by atoms with Crippen LogP contribution in [0.3, 0.4) is 0 Å². The monoisotopic (exact) mass is 359 g/mol. The molecule has 3 rings (SSSR count). The van der Waals surface area contributed by atoms with Crippen LogP contribution in [0.15, 0.2) is 27.4 Å². The summed E-state index contributed by atoms with van der Waals surface area (Å²) in [5, 5.41) is 0.970. The Morgan fingerprint density at radius 2 is 1.88 bits per heavy atom. The number of likely N-dealkylation sites (tertiary alicyclic amines) is 1. The van der Waals surface area contributed by atoms with Gasteiger partial charge < -0.3 is 9.32 Å². The summed E-state index contributed by atoms with van der Waals surface area (Å²) in [7, 11) is 0. The molecule has 1 aromatic carbocycles. The van der Waals surface area contributed by atoms with Gasteiger partial charge in [0, 0.05) is 30.3 Å². The quantitative estimate of drug-likeness (QED) is 0.773. The second kappa shape index (κ2) is 8.09. The lowest BCUT2D eigenvalue weighted by molar-refractivity contribution is -0.128. The topological polar surface area (TPSA) is 50.5 Å². The summed E-state index contributed by atoms with van der Waals surface area (Å²) in [4.78, 5) is 26.3. The minimum absolute atomic E-state index is 0.214. The maximum atomic E-state index is 12.4. The van der Waals surface area contributed by atoms with Crippen molar-refractivity contribution in [2.75, 3.05) is 18.8 Å². The molecule has 0 atom stereocenters. The van der Waals surface area contributed by atoms with Crippen LogP contribution >= 0.6 is 11.8 Å². The lowest BCUT2D eigenvalue weighted by atomic mass is 10.0. The minimum atomic E-state index is -0.323. The van der Waals surface area contributed by atoms with Gasteiger partial charge in [0.1, 0.15) is 5.58 Å². The molecule has 1 fully saturated rings. The number of aryl methyl sites for hydroxylation is 2. The third kappa shape index (κ3) is 4.27. The first kappa shape index (κ1) is 18.1. The van der Waals surface area contributed by atoms with Crippen molar-refractivity contribution in [1.82, 2.24) is 4.90 Å². The number of amides is 1. The van der Waals surface area contributed by atoms with Crippen LogP contribution in [0.2, 0.25) is 0 Å². The van der Waals surface area contributed by atoms with Gasteiger partial charge in [0.25, 0.3) is 0 Å². The Labute approximate surface area is 152 Å². The second-order valence-corrected chi connectivity index (χ2v) is 7.75. The number of hydrogen-bond donors (Lipinski definition) is 0. The number of thioether (sulfide) groups is 1. The highest BCUT2D eigenvalue weighted by Crippen LogP contribution is 2.26. The zero-order valence-electron chi connectivity index (χ0n) is 15.0. The van der Waals surface area contributed by atoms with Gasteiger partial charge in [0.15, 0.2) is 0 Å². The molecule has 1 amide bonds. The summed E-state index contributed by atoms with van der Waals surface area (Å²) in [6, 6.07) is 5.61. The van der Waals surface area contributed by atoms with E-state index < -0.39 is 0 Å². The first-order valence-electron chi connectivity index (χ1n) is 8.95. The van der Waals surface area contributed by atoms with Crippen LogP contribution in [0.1, 0.15) is 42.4 Å². The molecule has 0 radical (unpaired) electrons. The van der Waals surface area contributed by atoms with E-state index in [4.69, 9.17) is 4.42 Å². The average Bonchev–Trinajstić information content (AvgIpc) is 2.88. The number of rotatable bonds is 4. The standard InChI is InChI=1S/C20H25NO3S/c1-14-7-8-17-16(11-19(23)24-20(17)15(14)2)12-25-13-18(22)21-9-5-3-4-6-10-21/h7-8,11H,3-6,9-10,12-13H2,1-2H3. The third-order valence-corrected chi connectivity index (χ3v) is 5.93. The molecule has 134 valence electrons. The molecule has 25 heavy (non-hydrogen) atoms. The van der Waals surface area contributed by atoms with E-state index in [9.17, 15) is 9.59 Å². The summed E-state index contributed by atoms with van der Waals surface area (Å²) < 4.78 is 5.41. The fourth-order valence-corrected chi connectivity index (χ4v) is 4.22. The molecule has 2 heterocycles. The number of carbonyl (C=O) groups excluding carboxylic acids is 1. The summed E-state index contributed by atoms with van der Waals surface area (Å²) in [6.45, 7) is 5.75. The van der Waals surface area contributed by atoms with Gasteiger partial charge in [-0.15, -0.1) is 11.8 Å². The molecule has 0 unspecified atom stereocenters. The van der Waals surface area contributed by atoms with E-state index in [1.807, 2.05) is 30.9 Å². The Balaban J connectivity index is 1.70. The second-order valence-electron chi connectivity index (χ2n) is 6.76. The van der Waals surface area contributed by atoms with Crippen LogP contribution in [0.25, 0.3) is 11.0 Å². The van der Waals surface area contributed by atoms with Crippen molar-refractivity contribution in [1.29, 1.82) is 0 Å². The van der Waals surface area contributed by atoms with Crippen molar-refractivity contribution >= 4 is 28.6 Å². The van der Waals surface area contributed by atoms with Gasteiger partial charge in [0.2, 0.25) is 5.91 Å². The molecular formula is C20H25NO3S. The number of fused-ring (bicyclic) bond motifs is 1. The van der Waals surface area contributed by atoms with E-state index >= 15 is 0 Å². The Bertz CT molecular complexity index is 820. The molecule has 1 aromatic heterocycles. The zero-order valence-corrected chi connectivity index (χ0v) is 15.8. The fraction of sp³-hybridized carbons (Fsp3) is 0.500. The molecule has 1 aliphatic heterocycles. The largest absolute Gasteiger partial charge is 0.422 e. The summed E-state index contributed by atoms with van der Waals surface area (Å²) in [5.41, 5.74) is 3.40. The maximum absolute atomic E-state index is 12.4. The van der Waals surface area contributed by atoms with E-state index in [1.165, 1.54) is 12.8 Å². The van der Waals surface area contributed by atoms with E-state index in [0.717, 1.165) is 48.0 Å². The molecule has 5 heteroatoms. The maximum Gasteiger partial charge on any atom is 0.336 e. The molecular weight excluding hydrogens is 334 g/mol. The molecule has 0 aliphatic carbocycles. The molecule has 4 nitrogen and oxygen atoms in total. The summed E-state index contributed by atoms with van der Waals surface area (Å²) in [5.74, 6) is 1.32. The molecule has 0 saturated carbocycles. The lowest BCUT2D eigenvalue weighted by Gasteiger charge is -2.20. The normalized spacial score (nSPS) is 15.4. The van der Waals surface area contributed by atoms with Gasteiger partial charge >= 0.3 is 5.63 Å². The van der Waals surface area contributed by atoms with Crippen molar-refractivity contribution in [2.24, 2.45) is 0 Å². The first-order valence-corrected chi connectivity index (χ1v) is 10.1. The van der Waals surface area contributed by atoms with Crippen molar-refractivity contribution in [3.63, 3.8) is 0 Å². The highest BCUT2D eigenvalue weighted by atomic mass is 32.2. The first-order chi connectivity index (χ1) is 12.1. The van der Waals surface area contributed by atoms with Crippen LogP contribution < -0.4 is 5.63 Å². The van der Waals surface area contributed by atoms with Crippen LogP contribution in [-0.4, -0.2) is 29.6 Å². The Kier molecular flexibility index (Phi) is 5.84. The van der Waals surface area contributed by atoms with Crippen molar-refractivity contribution in [3.05, 3.63) is 45.3 Å². The predicted molar refractivity (Wildman–Crippen MR) is 103 cm³/mol. The van der Waals surface area contributed by atoms with Gasteiger partial charge in [-0.25, -0.2) is 4.79 Å². The third-order valence-electron chi connectivity index (χ3n) is 4.96. The van der Waals surface area contributed by atoms with E-state index in [0.29, 0.717) is 17.1 Å². The van der Waals surface area contributed by atoms with E-state index in [2.05, 4.69) is 0 Å². The highest BCUT2D eigenvalue weighted by Gasteiger charge is 2.16. The fourth-order valence-electron chi connectivity index (χ4n) is 3.30. The van der Waals surface area contributed by atoms with Crippen LogP contribution in [0.5, 0.6) is 0 Å². The van der Waals surface area contributed by atoms with Gasteiger partial charge in [-0.05, 0) is 43.4 Å².